The van der Waals surface area contributed by atoms with E-state index < -0.39 is 29.5 Å². The molecule has 0 aromatic heterocycles. The number of carbonyl (C=O) groups excluding carboxylic acids is 2. The zero-order valence-corrected chi connectivity index (χ0v) is 12.9. The molecule has 2 rings (SSSR count). The highest BCUT2D eigenvalue weighted by atomic mass is 19.2. The molecule has 7 heteroatoms. The van der Waals surface area contributed by atoms with Crippen molar-refractivity contribution in [1.82, 2.24) is 5.32 Å². The molecule has 0 unspecified atom stereocenters. The predicted molar refractivity (Wildman–Crippen MR) is 83.5 cm³/mol. The second-order valence-electron chi connectivity index (χ2n) is 5.11. The fourth-order valence-corrected chi connectivity index (χ4v) is 2.14. The molecule has 0 fully saturated rings. The first kappa shape index (κ1) is 17.4. The number of carbonyl (C=O) groups is 2. The average molecular weight is 334 g/mol. The molecule has 0 saturated carbocycles. The molecule has 126 valence electrons. The molecule has 5 nitrogen and oxygen atoms in total. The number of nitrogens with two attached hydrogens (primary N) is 1. The van der Waals surface area contributed by atoms with E-state index in [1.807, 2.05) is 0 Å². The summed E-state index contributed by atoms with van der Waals surface area (Å²) in [5, 5.41) is 2.42. The maximum absolute atomic E-state index is 13.2. The molecule has 3 N–H and O–H groups in total. The molecule has 0 aliphatic rings. The second-order valence-corrected chi connectivity index (χ2v) is 5.11. The van der Waals surface area contributed by atoms with Gasteiger partial charge in [-0.25, -0.2) is 8.78 Å². The molecule has 2 aromatic carbocycles. The van der Waals surface area contributed by atoms with E-state index >= 15 is 0 Å². The van der Waals surface area contributed by atoms with E-state index in [1.165, 1.54) is 7.11 Å². The number of benzene rings is 2. The highest BCUT2D eigenvalue weighted by molar-refractivity contribution is 5.97. The highest BCUT2D eigenvalue weighted by Crippen LogP contribution is 2.14. The summed E-state index contributed by atoms with van der Waals surface area (Å²) >= 11 is 0. The molecule has 1 atom stereocenters. The lowest BCUT2D eigenvalue weighted by Gasteiger charge is -2.16. The normalized spacial score (nSPS) is 11.6. The summed E-state index contributed by atoms with van der Waals surface area (Å²) in [6.07, 6.45) is 0.141. The number of hydrogen-bond acceptors (Lipinski definition) is 3. The van der Waals surface area contributed by atoms with Crippen LogP contribution in [0.1, 0.15) is 15.9 Å². The topological polar surface area (TPSA) is 81.4 Å². The van der Waals surface area contributed by atoms with E-state index in [0.717, 1.165) is 23.8 Å². The van der Waals surface area contributed by atoms with Crippen molar-refractivity contribution in [2.45, 2.75) is 12.5 Å². The average Bonchev–Trinajstić information content (AvgIpc) is 2.56. The first-order chi connectivity index (χ1) is 11.4. The van der Waals surface area contributed by atoms with Gasteiger partial charge in [-0.15, -0.1) is 0 Å². The lowest BCUT2D eigenvalue weighted by atomic mass is 10.0. The van der Waals surface area contributed by atoms with Gasteiger partial charge in [0.15, 0.2) is 11.6 Å². The zero-order chi connectivity index (χ0) is 17.7. The van der Waals surface area contributed by atoms with Gasteiger partial charge in [0.25, 0.3) is 5.91 Å². The standard InChI is InChI=1S/C17H16F2N2O3/c1-24-12-4-2-3-10(7-12)8-15(16(20)22)21-17(23)11-5-6-13(18)14(19)9-11/h2-7,9,15H,8H2,1H3,(H2,20,22)(H,21,23)/t15-/m1/s1. The van der Waals surface area contributed by atoms with Gasteiger partial charge in [0.05, 0.1) is 7.11 Å². The van der Waals surface area contributed by atoms with Gasteiger partial charge in [0, 0.05) is 12.0 Å². The molecule has 0 heterocycles. The van der Waals surface area contributed by atoms with E-state index in [9.17, 15) is 18.4 Å². The Morgan fingerprint density at radius 2 is 1.92 bits per heavy atom. The van der Waals surface area contributed by atoms with E-state index in [1.54, 1.807) is 24.3 Å². The summed E-state index contributed by atoms with van der Waals surface area (Å²) in [5.41, 5.74) is 5.94. The molecule has 2 aromatic rings. The van der Waals surface area contributed by atoms with Crippen LogP contribution in [0, 0.1) is 11.6 Å². The maximum atomic E-state index is 13.2. The third kappa shape index (κ3) is 4.28. The summed E-state index contributed by atoms with van der Waals surface area (Å²) < 4.78 is 31.2. The smallest absolute Gasteiger partial charge is 0.252 e. The molecule has 0 aliphatic heterocycles. The van der Waals surface area contributed by atoms with Crippen LogP contribution < -0.4 is 15.8 Å². The Hall–Kier alpha value is -2.96. The zero-order valence-electron chi connectivity index (χ0n) is 12.9. The van der Waals surface area contributed by atoms with Gasteiger partial charge in [-0.3, -0.25) is 9.59 Å². The van der Waals surface area contributed by atoms with Crippen molar-refractivity contribution in [3.05, 3.63) is 65.2 Å². The van der Waals surface area contributed by atoms with Gasteiger partial charge < -0.3 is 15.8 Å². The van der Waals surface area contributed by atoms with Crippen LogP contribution in [0.5, 0.6) is 5.75 Å². The largest absolute Gasteiger partial charge is 0.497 e. The minimum atomic E-state index is -1.15. The van der Waals surface area contributed by atoms with Gasteiger partial charge in [-0.2, -0.15) is 0 Å². The second kappa shape index (κ2) is 7.54. The van der Waals surface area contributed by atoms with Crippen molar-refractivity contribution in [3.8, 4) is 5.75 Å². The number of ether oxygens (including phenoxy) is 1. The van der Waals surface area contributed by atoms with E-state index in [4.69, 9.17) is 10.5 Å². The molecular weight excluding hydrogens is 318 g/mol. The van der Waals surface area contributed by atoms with E-state index in [0.29, 0.717) is 5.75 Å². The Labute approximate surface area is 137 Å². The molecule has 0 bridgehead atoms. The molecule has 0 radical (unpaired) electrons. The van der Waals surface area contributed by atoms with Crippen LogP contribution in [-0.4, -0.2) is 25.0 Å². The van der Waals surface area contributed by atoms with E-state index in [-0.39, 0.29) is 12.0 Å². The molecule has 0 aliphatic carbocycles. The lowest BCUT2D eigenvalue weighted by Crippen LogP contribution is -2.45. The molecule has 24 heavy (non-hydrogen) atoms. The maximum Gasteiger partial charge on any atom is 0.252 e. The third-order valence-corrected chi connectivity index (χ3v) is 3.40. The minimum absolute atomic E-state index is 0.106. The van der Waals surface area contributed by atoms with Crippen LogP contribution in [0.25, 0.3) is 0 Å². The summed E-state index contributed by atoms with van der Waals surface area (Å²) in [6.45, 7) is 0. The predicted octanol–water partition coefficient (Wildman–Crippen LogP) is 1.80. The summed E-state index contributed by atoms with van der Waals surface area (Å²) in [5.74, 6) is -3.07. The highest BCUT2D eigenvalue weighted by Gasteiger charge is 2.20. The number of amides is 2. The fraction of sp³-hybridized carbons (Fsp3) is 0.176. The van der Waals surface area contributed by atoms with Crippen LogP contribution in [-0.2, 0) is 11.2 Å². The van der Waals surface area contributed by atoms with Crippen molar-refractivity contribution >= 4 is 11.8 Å². The van der Waals surface area contributed by atoms with Gasteiger partial charge in [-0.05, 0) is 35.9 Å². The monoisotopic (exact) mass is 334 g/mol. The summed E-state index contributed by atoms with van der Waals surface area (Å²) in [7, 11) is 1.51. The van der Waals surface area contributed by atoms with Gasteiger partial charge in [0.1, 0.15) is 11.8 Å². The van der Waals surface area contributed by atoms with Gasteiger partial charge >= 0.3 is 0 Å². The Kier molecular flexibility index (Phi) is 5.47. The third-order valence-electron chi connectivity index (χ3n) is 3.40. The Balaban J connectivity index is 2.14. The molecule has 0 saturated heterocycles. The van der Waals surface area contributed by atoms with Crippen LogP contribution in [0.15, 0.2) is 42.5 Å². The quantitative estimate of drug-likeness (QED) is 0.845. The van der Waals surface area contributed by atoms with Crippen LogP contribution in [0.4, 0.5) is 8.78 Å². The summed E-state index contributed by atoms with van der Waals surface area (Å²) in [4.78, 5) is 23.7. The first-order valence-corrected chi connectivity index (χ1v) is 7.09. The van der Waals surface area contributed by atoms with Crippen molar-refractivity contribution in [3.63, 3.8) is 0 Å². The summed E-state index contributed by atoms with van der Waals surface area (Å²) in [6, 6.07) is 8.66. The Morgan fingerprint density at radius 1 is 1.17 bits per heavy atom. The number of hydrogen-bond donors (Lipinski definition) is 2. The van der Waals surface area contributed by atoms with E-state index in [2.05, 4.69) is 5.32 Å². The molecular formula is C17H16F2N2O3. The minimum Gasteiger partial charge on any atom is -0.497 e. The molecule has 2 amide bonds. The number of rotatable bonds is 6. The SMILES string of the molecule is COc1cccc(C[C@@H](NC(=O)c2ccc(F)c(F)c2)C(N)=O)c1. The van der Waals surface area contributed by atoms with Crippen molar-refractivity contribution in [1.29, 1.82) is 0 Å². The van der Waals surface area contributed by atoms with Crippen molar-refractivity contribution < 1.29 is 23.1 Å². The fourth-order valence-electron chi connectivity index (χ4n) is 2.14. The van der Waals surface area contributed by atoms with Gasteiger partial charge in [0.2, 0.25) is 5.91 Å². The lowest BCUT2D eigenvalue weighted by molar-refractivity contribution is -0.119. The number of primary amides is 1. The number of nitrogens with one attached hydrogen (secondary N) is 1. The molecule has 0 spiro atoms. The number of methoxy groups -OCH3 is 1. The van der Waals surface area contributed by atoms with Crippen molar-refractivity contribution in [2.24, 2.45) is 5.73 Å². The first-order valence-electron chi connectivity index (χ1n) is 7.09. The van der Waals surface area contributed by atoms with Crippen LogP contribution >= 0.6 is 0 Å². The Bertz CT molecular complexity index is 765. The van der Waals surface area contributed by atoms with Crippen LogP contribution in [0.3, 0.4) is 0 Å². The van der Waals surface area contributed by atoms with Crippen LogP contribution in [0.2, 0.25) is 0 Å². The van der Waals surface area contributed by atoms with Gasteiger partial charge in [-0.1, -0.05) is 12.1 Å². The number of halogens is 2. The Morgan fingerprint density at radius 3 is 2.54 bits per heavy atom. The van der Waals surface area contributed by atoms with Crippen molar-refractivity contribution in [2.75, 3.05) is 7.11 Å².